The molecule has 3 N–H and O–H groups in total. The summed E-state index contributed by atoms with van der Waals surface area (Å²) >= 11 is 10.8. The van der Waals surface area contributed by atoms with E-state index in [1.165, 1.54) is 0 Å². The van der Waals surface area contributed by atoms with Crippen LogP contribution in [-0.2, 0) is 4.79 Å². The van der Waals surface area contributed by atoms with Crippen LogP contribution in [0.2, 0.25) is 5.02 Å². The summed E-state index contributed by atoms with van der Waals surface area (Å²) in [5, 5.41) is 3.60. The van der Waals surface area contributed by atoms with Crippen LogP contribution in [-0.4, -0.2) is 10.9 Å². The van der Waals surface area contributed by atoms with Gasteiger partial charge < -0.3 is 11.1 Å². The zero-order valence-electron chi connectivity index (χ0n) is 11.3. The molecule has 0 saturated heterocycles. The quantitative estimate of drug-likeness (QED) is 0.821. The Labute approximate surface area is 124 Å². The fraction of sp³-hybridized carbons (Fsp3) is 0.429. The Hall–Kier alpha value is -1.13. The lowest BCUT2D eigenvalue weighted by molar-refractivity contribution is -0.124. The number of carbonyl (C=O) groups is 1. The number of nitrogens with two attached hydrogens (primary N) is 1. The van der Waals surface area contributed by atoms with Crippen molar-refractivity contribution in [3.8, 4) is 0 Å². The molecule has 0 saturated carbocycles. The molecule has 2 atom stereocenters. The molecular formula is C14H19ClN2OS. The Morgan fingerprint density at radius 1 is 1.26 bits per heavy atom. The van der Waals surface area contributed by atoms with E-state index in [1.807, 2.05) is 32.9 Å². The number of hydrogen-bond acceptors (Lipinski definition) is 2. The Kier molecular flexibility index (Phi) is 5.76. The second-order valence-electron chi connectivity index (χ2n) is 4.91. The molecule has 0 aromatic heterocycles. The second kappa shape index (κ2) is 6.87. The Morgan fingerprint density at radius 3 is 2.21 bits per heavy atom. The number of halogens is 1. The first-order valence-electron chi connectivity index (χ1n) is 6.18. The van der Waals surface area contributed by atoms with Crippen LogP contribution in [0.5, 0.6) is 0 Å². The van der Waals surface area contributed by atoms with E-state index in [0.29, 0.717) is 5.02 Å². The topological polar surface area (TPSA) is 55.1 Å². The van der Waals surface area contributed by atoms with Gasteiger partial charge in [0.25, 0.3) is 0 Å². The van der Waals surface area contributed by atoms with Crippen LogP contribution in [0.25, 0.3) is 0 Å². The van der Waals surface area contributed by atoms with Crippen LogP contribution in [0.1, 0.15) is 32.4 Å². The number of rotatable bonds is 5. The molecule has 1 amide bonds. The highest BCUT2D eigenvalue weighted by Gasteiger charge is 2.26. The van der Waals surface area contributed by atoms with E-state index in [1.54, 1.807) is 12.1 Å². The molecule has 0 bridgehead atoms. The molecule has 0 aliphatic carbocycles. The van der Waals surface area contributed by atoms with E-state index in [0.717, 1.165) is 5.56 Å². The highest BCUT2D eigenvalue weighted by molar-refractivity contribution is 7.80. The lowest BCUT2D eigenvalue weighted by atomic mass is 9.94. The molecule has 0 heterocycles. The molecule has 0 aliphatic rings. The molecule has 1 aromatic carbocycles. The predicted molar refractivity (Wildman–Crippen MR) is 83.1 cm³/mol. The lowest BCUT2D eigenvalue weighted by Gasteiger charge is -2.22. The van der Waals surface area contributed by atoms with Crippen LogP contribution in [0.3, 0.4) is 0 Å². The van der Waals surface area contributed by atoms with Crippen molar-refractivity contribution in [2.75, 3.05) is 0 Å². The first-order chi connectivity index (χ1) is 8.82. The van der Waals surface area contributed by atoms with Crippen LogP contribution in [0, 0.1) is 11.8 Å². The molecule has 1 rings (SSSR count). The second-order valence-corrected chi connectivity index (χ2v) is 5.81. The molecule has 0 spiro atoms. The third-order valence-electron chi connectivity index (χ3n) is 2.98. The van der Waals surface area contributed by atoms with Gasteiger partial charge in [0.15, 0.2) is 0 Å². The average Bonchev–Trinajstić information content (AvgIpc) is 2.28. The smallest absolute Gasteiger partial charge is 0.230 e. The summed E-state index contributed by atoms with van der Waals surface area (Å²) in [4.78, 5) is 12.4. The van der Waals surface area contributed by atoms with E-state index in [9.17, 15) is 4.79 Å². The van der Waals surface area contributed by atoms with Gasteiger partial charge in [-0.1, -0.05) is 49.8 Å². The van der Waals surface area contributed by atoms with Gasteiger partial charge in [-0.2, -0.15) is 0 Å². The number of amides is 1. The molecule has 1 aromatic rings. The minimum absolute atomic E-state index is 0.0786. The normalized spacial score (nSPS) is 13.9. The molecule has 5 heteroatoms. The van der Waals surface area contributed by atoms with Crippen LogP contribution in [0.15, 0.2) is 24.3 Å². The van der Waals surface area contributed by atoms with Crippen molar-refractivity contribution >= 4 is 34.7 Å². The van der Waals surface area contributed by atoms with E-state index < -0.39 is 5.92 Å². The van der Waals surface area contributed by atoms with Gasteiger partial charge in [0.1, 0.15) is 0 Å². The summed E-state index contributed by atoms with van der Waals surface area (Å²) < 4.78 is 0. The SMILES string of the molecule is CC(NC(=O)C(C(N)=S)C(C)C)c1ccc(Cl)cc1. The van der Waals surface area contributed by atoms with Crippen LogP contribution >= 0.6 is 23.8 Å². The van der Waals surface area contributed by atoms with E-state index in [2.05, 4.69) is 5.32 Å². The third kappa shape index (κ3) is 4.48. The maximum Gasteiger partial charge on any atom is 0.230 e. The molecule has 0 fully saturated rings. The number of carbonyl (C=O) groups excluding carboxylic acids is 1. The van der Waals surface area contributed by atoms with Crippen molar-refractivity contribution in [2.24, 2.45) is 17.6 Å². The largest absolute Gasteiger partial charge is 0.393 e. The van der Waals surface area contributed by atoms with Gasteiger partial charge in [-0.3, -0.25) is 4.79 Å². The van der Waals surface area contributed by atoms with Gasteiger partial charge >= 0.3 is 0 Å². The van der Waals surface area contributed by atoms with Crippen molar-refractivity contribution in [3.05, 3.63) is 34.9 Å². The van der Waals surface area contributed by atoms with Gasteiger partial charge in [0.2, 0.25) is 5.91 Å². The number of thiocarbonyl (C=S) groups is 1. The van der Waals surface area contributed by atoms with Crippen LogP contribution in [0.4, 0.5) is 0 Å². The first-order valence-corrected chi connectivity index (χ1v) is 6.96. The predicted octanol–water partition coefficient (Wildman–Crippen LogP) is 3.08. The zero-order valence-corrected chi connectivity index (χ0v) is 12.9. The summed E-state index contributed by atoms with van der Waals surface area (Å²) in [5.74, 6) is -0.496. The van der Waals surface area contributed by atoms with Crippen molar-refractivity contribution in [2.45, 2.75) is 26.8 Å². The summed E-state index contributed by atoms with van der Waals surface area (Å²) in [6.07, 6.45) is 0. The number of benzene rings is 1. The Morgan fingerprint density at radius 2 is 1.79 bits per heavy atom. The zero-order chi connectivity index (χ0) is 14.6. The number of hydrogen-bond donors (Lipinski definition) is 2. The molecule has 0 radical (unpaired) electrons. The highest BCUT2D eigenvalue weighted by Crippen LogP contribution is 2.18. The first kappa shape index (κ1) is 15.9. The minimum atomic E-state index is -0.440. The maximum atomic E-state index is 12.2. The molecular weight excluding hydrogens is 280 g/mol. The van der Waals surface area contributed by atoms with Crippen LogP contribution < -0.4 is 11.1 Å². The summed E-state index contributed by atoms with van der Waals surface area (Å²) in [7, 11) is 0. The van der Waals surface area contributed by atoms with Gasteiger partial charge in [-0.15, -0.1) is 0 Å². The molecule has 19 heavy (non-hydrogen) atoms. The van der Waals surface area contributed by atoms with Crippen molar-refractivity contribution < 1.29 is 4.79 Å². The standard InChI is InChI=1S/C14H19ClN2OS/c1-8(2)12(13(16)19)14(18)17-9(3)10-4-6-11(15)7-5-10/h4-9,12H,1-3H3,(H2,16,19)(H,17,18). The van der Waals surface area contributed by atoms with Crippen molar-refractivity contribution in [3.63, 3.8) is 0 Å². The summed E-state index contributed by atoms with van der Waals surface area (Å²) in [6, 6.07) is 7.26. The van der Waals surface area contributed by atoms with Gasteiger partial charge in [-0.25, -0.2) is 0 Å². The molecule has 0 aliphatic heterocycles. The maximum absolute atomic E-state index is 12.2. The summed E-state index contributed by atoms with van der Waals surface area (Å²) in [6.45, 7) is 5.77. The molecule has 3 nitrogen and oxygen atoms in total. The van der Waals surface area contributed by atoms with Gasteiger partial charge in [0, 0.05) is 5.02 Å². The average molecular weight is 299 g/mol. The number of nitrogens with one attached hydrogen (secondary N) is 1. The highest BCUT2D eigenvalue weighted by atomic mass is 35.5. The Balaban J connectivity index is 2.75. The Bertz CT molecular complexity index is 459. The van der Waals surface area contributed by atoms with E-state index in [4.69, 9.17) is 29.6 Å². The lowest BCUT2D eigenvalue weighted by Crippen LogP contribution is -2.41. The monoisotopic (exact) mass is 298 g/mol. The van der Waals surface area contributed by atoms with Gasteiger partial charge in [0.05, 0.1) is 16.9 Å². The van der Waals surface area contributed by atoms with Crippen molar-refractivity contribution in [1.82, 2.24) is 5.32 Å². The molecule has 104 valence electrons. The third-order valence-corrected chi connectivity index (χ3v) is 3.49. The van der Waals surface area contributed by atoms with E-state index >= 15 is 0 Å². The fourth-order valence-corrected chi connectivity index (χ4v) is 2.40. The van der Waals surface area contributed by atoms with Crippen molar-refractivity contribution in [1.29, 1.82) is 0 Å². The molecule has 2 unspecified atom stereocenters. The fourth-order valence-electron chi connectivity index (χ4n) is 1.90. The summed E-state index contributed by atoms with van der Waals surface area (Å²) in [5.41, 5.74) is 6.62. The van der Waals surface area contributed by atoms with Gasteiger partial charge in [-0.05, 0) is 30.5 Å². The van der Waals surface area contributed by atoms with E-state index in [-0.39, 0.29) is 22.9 Å². The minimum Gasteiger partial charge on any atom is -0.393 e.